The number of ether oxygens (including phenoxy) is 1. The van der Waals surface area contributed by atoms with E-state index in [9.17, 15) is 4.79 Å². The lowest BCUT2D eigenvalue weighted by Gasteiger charge is -2.20. The van der Waals surface area contributed by atoms with Crippen LogP contribution in [0.3, 0.4) is 0 Å². The molecule has 0 saturated carbocycles. The van der Waals surface area contributed by atoms with Crippen molar-refractivity contribution in [1.82, 2.24) is 10.2 Å². The number of hydrogen-bond acceptors (Lipinski definition) is 3. The Labute approximate surface area is 120 Å². The Morgan fingerprint density at radius 2 is 2.11 bits per heavy atom. The third kappa shape index (κ3) is 4.11. The molecule has 2 rings (SSSR count). The van der Waals surface area contributed by atoms with E-state index in [1.165, 1.54) is 0 Å². The first-order chi connectivity index (χ1) is 8.70. The maximum atomic E-state index is 12.1. The van der Waals surface area contributed by atoms with Crippen molar-refractivity contribution in [2.45, 2.75) is 13.0 Å². The highest BCUT2D eigenvalue weighted by atomic mass is 35.5. The van der Waals surface area contributed by atoms with Crippen LogP contribution in [0, 0.1) is 5.92 Å². The number of halogens is 1. The van der Waals surface area contributed by atoms with Crippen LogP contribution in [0.15, 0.2) is 24.3 Å². The number of hydrogen-bond donors (Lipinski definition) is 1. The summed E-state index contributed by atoms with van der Waals surface area (Å²) in [6.07, 6.45) is 0.950. The molecule has 1 aliphatic rings. The Morgan fingerprint density at radius 1 is 1.42 bits per heavy atom. The number of methoxy groups -OCH3 is 1. The Bertz CT molecular complexity index is 402. The second-order valence-electron chi connectivity index (χ2n) is 4.73. The fraction of sp³-hybridized carbons (Fsp3) is 0.500. The monoisotopic (exact) mass is 284 g/mol. The highest BCUT2D eigenvalue weighted by Gasteiger charge is 2.25. The summed E-state index contributed by atoms with van der Waals surface area (Å²) < 4.78 is 5.11. The molecular weight excluding hydrogens is 264 g/mol. The van der Waals surface area contributed by atoms with Gasteiger partial charge in [-0.3, -0.25) is 4.79 Å². The van der Waals surface area contributed by atoms with Crippen molar-refractivity contribution < 1.29 is 9.53 Å². The molecule has 1 heterocycles. The number of carbonyl (C=O) groups excluding carboxylic acids is 1. The molecule has 19 heavy (non-hydrogen) atoms. The molecule has 1 aromatic carbocycles. The van der Waals surface area contributed by atoms with E-state index in [-0.39, 0.29) is 24.2 Å². The van der Waals surface area contributed by atoms with E-state index in [4.69, 9.17) is 4.74 Å². The van der Waals surface area contributed by atoms with Gasteiger partial charge in [0.05, 0.1) is 13.0 Å². The van der Waals surface area contributed by atoms with Crippen molar-refractivity contribution >= 4 is 18.3 Å². The van der Waals surface area contributed by atoms with Gasteiger partial charge in [-0.05, 0) is 30.7 Å². The molecule has 0 radical (unpaired) electrons. The Kier molecular flexibility index (Phi) is 6.12. The summed E-state index contributed by atoms with van der Waals surface area (Å²) in [5.41, 5.74) is 1.12. The van der Waals surface area contributed by atoms with Gasteiger partial charge < -0.3 is 15.0 Å². The van der Waals surface area contributed by atoms with Crippen molar-refractivity contribution in [3.63, 3.8) is 0 Å². The van der Waals surface area contributed by atoms with Crippen LogP contribution in [-0.4, -0.2) is 38.1 Å². The zero-order valence-corrected chi connectivity index (χ0v) is 12.2. The summed E-state index contributed by atoms with van der Waals surface area (Å²) >= 11 is 0. The Balaban J connectivity index is 0.00000180. The molecule has 0 aliphatic carbocycles. The predicted molar refractivity (Wildman–Crippen MR) is 77.7 cm³/mol. The normalized spacial score (nSPS) is 17.7. The molecule has 1 aromatic rings. The summed E-state index contributed by atoms with van der Waals surface area (Å²) in [6, 6.07) is 7.83. The molecule has 1 N–H and O–H groups in total. The molecule has 1 unspecified atom stereocenters. The molecule has 0 aromatic heterocycles. The Morgan fingerprint density at radius 3 is 2.63 bits per heavy atom. The Hall–Kier alpha value is -1.26. The third-order valence-corrected chi connectivity index (χ3v) is 3.36. The number of nitrogens with one attached hydrogen (secondary N) is 1. The molecule has 1 saturated heterocycles. The summed E-state index contributed by atoms with van der Waals surface area (Å²) in [5, 5.41) is 3.22. The van der Waals surface area contributed by atoms with Crippen molar-refractivity contribution in [3.05, 3.63) is 29.8 Å². The molecule has 5 heteroatoms. The minimum atomic E-state index is 0. The van der Waals surface area contributed by atoms with Gasteiger partial charge in [0.1, 0.15) is 5.75 Å². The molecule has 0 spiro atoms. The molecule has 4 nitrogen and oxygen atoms in total. The van der Waals surface area contributed by atoms with Crippen molar-refractivity contribution in [1.29, 1.82) is 0 Å². The van der Waals surface area contributed by atoms with Crippen LogP contribution < -0.4 is 10.1 Å². The van der Waals surface area contributed by atoms with Gasteiger partial charge in [0.2, 0.25) is 5.91 Å². The number of rotatable bonds is 4. The average molecular weight is 285 g/mol. The molecule has 0 bridgehead atoms. The van der Waals surface area contributed by atoms with Gasteiger partial charge in [-0.25, -0.2) is 0 Å². The van der Waals surface area contributed by atoms with E-state index >= 15 is 0 Å². The second-order valence-corrected chi connectivity index (χ2v) is 4.73. The van der Waals surface area contributed by atoms with Gasteiger partial charge in [-0.2, -0.15) is 0 Å². The predicted octanol–water partition coefficient (Wildman–Crippen LogP) is 1.68. The van der Waals surface area contributed by atoms with Crippen LogP contribution in [-0.2, 0) is 11.3 Å². The van der Waals surface area contributed by atoms with Crippen LogP contribution in [0.4, 0.5) is 0 Å². The highest BCUT2D eigenvalue weighted by molar-refractivity contribution is 5.85. The van der Waals surface area contributed by atoms with Crippen LogP contribution in [0.25, 0.3) is 0 Å². The standard InChI is InChI=1S/C14H20N2O2.ClH/c1-16(14(17)12-7-8-15-9-12)10-11-3-5-13(18-2)6-4-11;/h3-6,12,15H,7-10H2,1-2H3;1H. The zero-order chi connectivity index (χ0) is 13.0. The van der Waals surface area contributed by atoms with E-state index in [1.807, 2.05) is 31.3 Å². The van der Waals surface area contributed by atoms with Gasteiger partial charge in [0.15, 0.2) is 0 Å². The fourth-order valence-electron chi connectivity index (χ4n) is 2.26. The molecule has 1 amide bonds. The van der Waals surface area contributed by atoms with Crippen LogP contribution in [0.5, 0.6) is 5.75 Å². The largest absolute Gasteiger partial charge is 0.497 e. The van der Waals surface area contributed by atoms with Gasteiger partial charge in [0, 0.05) is 20.1 Å². The number of nitrogens with zero attached hydrogens (tertiary/aromatic N) is 1. The third-order valence-electron chi connectivity index (χ3n) is 3.36. The summed E-state index contributed by atoms with van der Waals surface area (Å²) in [7, 11) is 3.52. The minimum absolute atomic E-state index is 0. The van der Waals surface area contributed by atoms with E-state index in [1.54, 1.807) is 12.0 Å². The van der Waals surface area contributed by atoms with E-state index in [0.717, 1.165) is 30.8 Å². The van der Waals surface area contributed by atoms with Crippen molar-refractivity contribution in [3.8, 4) is 5.75 Å². The number of amides is 1. The second kappa shape index (κ2) is 7.36. The summed E-state index contributed by atoms with van der Waals surface area (Å²) in [6.45, 7) is 2.41. The molecular formula is C14H21ClN2O2. The maximum absolute atomic E-state index is 12.1. The van der Waals surface area contributed by atoms with Gasteiger partial charge >= 0.3 is 0 Å². The summed E-state index contributed by atoms with van der Waals surface area (Å²) in [4.78, 5) is 13.9. The van der Waals surface area contributed by atoms with Crippen molar-refractivity contribution in [2.24, 2.45) is 5.92 Å². The molecule has 1 fully saturated rings. The van der Waals surface area contributed by atoms with Crippen LogP contribution >= 0.6 is 12.4 Å². The van der Waals surface area contributed by atoms with Gasteiger partial charge in [0.25, 0.3) is 0 Å². The fourth-order valence-corrected chi connectivity index (χ4v) is 2.26. The van der Waals surface area contributed by atoms with E-state index in [2.05, 4.69) is 5.32 Å². The highest BCUT2D eigenvalue weighted by Crippen LogP contribution is 2.15. The quantitative estimate of drug-likeness (QED) is 0.915. The van der Waals surface area contributed by atoms with E-state index < -0.39 is 0 Å². The van der Waals surface area contributed by atoms with Gasteiger partial charge in [-0.1, -0.05) is 12.1 Å². The molecule has 1 aliphatic heterocycles. The average Bonchev–Trinajstić information content (AvgIpc) is 2.92. The lowest BCUT2D eigenvalue weighted by Crippen LogP contribution is -2.33. The van der Waals surface area contributed by atoms with Crippen molar-refractivity contribution in [2.75, 3.05) is 27.2 Å². The lowest BCUT2D eigenvalue weighted by atomic mass is 10.1. The first-order valence-electron chi connectivity index (χ1n) is 6.29. The smallest absolute Gasteiger partial charge is 0.227 e. The minimum Gasteiger partial charge on any atom is -0.497 e. The summed E-state index contributed by atoms with van der Waals surface area (Å²) in [5.74, 6) is 1.22. The van der Waals surface area contributed by atoms with E-state index in [0.29, 0.717) is 6.54 Å². The SMILES string of the molecule is COc1ccc(CN(C)C(=O)C2CCNC2)cc1.Cl. The lowest BCUT2D eigenvalue weighted by molar-refractivity contribution is -0.134. The zero-order valence-electron chi connectivity index (χ0n) is 11.4. The topological polar surface area (TPSA) is 41.6 Å². The first kappa shape index (κ1) is 15.8. The van der Waals surface area contributed by atoms with Crippen LogP contribution in [0.1, 0.15) is 12.0 Å². The first-order valence-corrected chi connectivity index (χ1v) is 6.29. The van der Waals surface area contributed by atoms with Gasteiger partial charge in [-0.15, -0.1) is 12.4 Å². The van der Waals surface area contributed by atoms with Crippen LogP contribution in [0.2, 0.25) is 0 Å². The maximum Gasteiger partial charge on any atom is 0.227 e. The molecule has 106 valence electrons. The number of benzene rings is 1. The molecule has 1 atom stereocenters. The number of carbonyl (C=O) groups is 1.